The molecule has 2 heterocycles. The predicted octanol–water partition coefficient (Wildman–Crippen LogP) is 3.68. The molecule has 0 unspecified atom stereocenters. The highest BCUT2D eigenvalue weighted by Crippen LogP contribution is 2.28. The Bertz CT molecular complexity index is 854. The van der Waals surface area contributed by atoms with E-state index in [1.807, 2.05) is 30.5 Å². The van der Waals surface area contributed by atoms with Crippen molar-refractivity contribution >= 4 is 22.4 Å². The first kappa shape index (κ1) is 15.2. The second-order valence-corrected chi connectivity index (χ2v) is 5.87. The molecular weight excluding hydrogens is 314 g/mol. The van der Waals surface area contributed by atoms with Gasteiger partial charge >= 0.3 is 0 Å². The van der Waals surface area contributed by atoms with Gasteiger partial charge in [0.2, 0.25) is 5.76 Å². The predicted molar refractivity (Wildman–Crippen MR) is 88.0 cm³/mol. The molecule has 3 aromatic rings. The second kappa shape index (κ2) is 6.21. The first-order chi connectivity index (χ1) is 11.1. The lowest BCUT2D eigenvalue weighted by atomic mass is 10.1. The van der Waals surface area contributed by atoms with Gasteiger partial charge in [0.1, 0.15) is 5.75 Å². The van der Waals surface area contributed by atoms with Gasteiger partial charge in [0, 0.05) is 17.0 Å². The molecule has 6 nitrogen and oxygen atoms in total. The molecule has 0 spiro atoms. The summed E-state index contributed by atoms with van der Waals surface area (Å²) in [6, 6.07) is 7.42. The van der Waals surface area contributed by atoms with Crippen LogP contribution in [-0.2, 0) is 0 Å². The van der Waals surface area contributed by atoms with Crippen molar-refractivity contribution in [3.05, 3.63) is 46.7 Å². The summed E-state index contributed by atoms with van der Waals surface area (Å²) in [5, 5.41) is 8.80. The van der Waals surface area contributed by atoms with Crippen LogP contribution in [0.15, 0.2) is 34.2 Å². The van der Waals surface area contributed by atoms with Crippen LogP contribution in [0.2, 0.25) is 0 Å². The molecule has 0 fully saturated rings. The number of ether oxygens (including phenoxy) is 1. The lowest BCUT2D eigenvalue weighted by Crippen LogP contribution is -2.10. The fourth-order valence-electron chi connectivity index (χ4n) is 2.13. The van der Waals surface area contributed by atoms with Crippen LogP contribution in [0.3, 0.4) is 0 Å². The third-order valence-electron chi connectivity index (χ3n) is 3.27. The van der Waals surface area contributed by atoms with Crippen LogP contribution in [0.25, 0.3) is 11.3 Å². The number of nitrogens with zero attached hydrogens (tertiary/aromatic N) is 2. The van der Waals surface area contributed by atoms with Gasteiger partial charge in [-0.1, -0.05) is 5.16 Å². The monoisotopic (exact) mass is 329 g/mol. The summed E-state index contributed by atoms with van der Waals surface area (Å²) in [6.07, 6.45) is 0. The fraction of sp³-hybridized carbons (Fsp3) is 0.188. The van der Waals surface area contributed by atoms with Gasteiger partial charge in [-0.2, -0.15) is 0 Å². The number of hydrogen-bond donors (Lipinski definition) is 1. The molecule has 0 aliphatic heterocycles. The molecule has 23 heavy (non-hydrogen) atoms. The van der Waals surface area contributed by atoms with E-state index in [0.29, 0.717) is 10.8 Å². The van der Waals surface area contributed by atoms with Gasteiger partial charge in [-0.05, 0) is 37.6 Å². The van der Waals surface area contributed by atoms with E-state index in [1.54, 1.807) is 20.1 Å². The third kappa shape index (κ3) is 3.24. The van der Waals surface area contributed by atoms with E-state index < -0.39 is 0 Å². The normalized spacial score (nSPS) is 10.6. The van der Waals surface area contributed by atoms with E-state index in [-0.39, 0.29) is 11.7 Å². The summed E-state index contributed by atoms with van der Waals surface area (Å²) in [5.41, 5.74) is 3.45. The van der Waals surface area contributed by atoms with Crippen molar-refractivity contribution in [2.24, 2.45) is 0 Å². The van der Waals surface area contributed by atoms with E-state index in [1.165, 1.54) is 11.3 Å². The average molecular weight is 329 g/mol. The number of aryl methyl sites for hydroxylation is 2. The molecule has 0 radical (unpaired) electrons. The van der Waals surface area contributed by atoms with Gasteiger partial charge in [-0.3, -0.25) is 10.1 Å². The summed E-state index contributed by atoms with van der Waals surface area (Å²) >= 11 is 1.35. The van der Waals surface area contributed by atoms with Crippen molar-refractivity contribution in [1.82, 2.24) is 10.1 Å². The van der Waals surface area contributed by atoms with Crippen LogP contribution in [0.4, 0.5) is 5.13 Å². The maximum Gasteiger partial charge on any atom is 0.296 e. The SMILES string of the molecule is COc1ccc(-c2csc(NC(=O)c3cc(C)no3)n2)cc1C. The number of rotatable bonds is 4. The van der Waals surface area contributed by atoms with Crippen LogP contribution in [0.1, 0.15) is 21.8 Å². The number of carbonyl (C=O) groups excluding carboxylic acids is 1. The van der Waals surface area contributed by atoms with Crippen molar-refractivity contribution in [3.63, 3.8) is 0 Å². The number of amides is 1. The average Bonchev–Trinajstić information content (AvgIpc) is 3.16. The van der Waals surface area contributed by atoms with Crippen LogP contribution in [0.5, 0.6) is 5.75 Å². The molecular formula is C16H15N3O3S. The fourth-order valence-corrected chi connectivity index (χ4v) is 2.85. The zero-order chi connectivity index (χ0) is 16.4. The number of aromatic nitrogens is 2. The van der Waals surface area contributed by atoms with Crippen LogP contribution >= 0.6 is 11.3 Å². The Morgan fingerprint density at radius 3 is 2.78 bits per heavy atom. The second-order valence-electron chi connectivity index (χ2n) is 5.01. The Morgan fingerprint density at radius 2 is 2.13 bits per heavy atom. The maximum atomic E-state index is 12.0. The van der Waals surface area contributed by atoms with E-state index in [0.717, 1.165) is 22.6 Å². The molecule has 0 atom stereocenters. The number of methoxy groups -OCH3 is 1. The minimum absolute atomic E-state index is 0.166. The molecule has 0 saturated carbocycles. The quantitative estimate of drug-likeness (QED) is 0.790. The van der Waals surface area contributed by atoms with Gasteiger partial charge in [-0.15, -0.1) is 11.3 Å². The smallest absolute Gasteiger partial charge is 0.296 e. The van der Waals surface area contributed by atoms with Gasteiger partial charge < -0.3 is 9.26 Å². The van der Waals surface area contributed by atoms with E-state index >= 15 is 0 Å². The molecule has 1 aromatic carbocycles. The van der Waals surface area contributed by atoms with Crippen molar-refractivity contribution < 1.29 is 14.1 Å². The molecule has 1 amide bonds. The Morgan fingerprint density at radius 1 is 1.30 bits per heavy atom. The first-order valence-electron chi connectivity index (χ1n) is 6.92. The largest absolute Gasteiger partial charge is 0.496 e. The lowest BCUT2D eigenvalue weighted by Gasteiger charge is -2.05. The summed E-state index contributed by atoms with van der Waals surface area (Å²) < 4.78 is 10.2. The number of nitrogens with one attached hydrogen (secondary N) is 1. The molecule has 118 valence electrons. The molecule has 1 N–H and O–H groups in total. The topological polar surface area (TPSA) is 77.2 Å². The van der Waals surface area contributed by atoms with Crippen molar-refractivity contribution in [2.45, 2.75) is 13.8 Å². The molecule has 0 aliphatic rings. The molecule has 0 bridgehead atoms. The third-order valence-corrected chi connectivity index (χ3v) is 4.02. The van der Waals surface area contributed by atoms with E-state index in [9.17, 15) is 4.79 Å². The summed E-state index contributed by atoms with van der Waals surface area (Å²) in [7, 11) is 1.64. The number of benzene rings is 1. The first-order valence-corrected chi connectivity index (χ1v) is 7.80. The highest BCUT2D eigenvalue weighted by atomic mass is 32.1. The number of anilines is 1. The molecule has 0 aliphatic carbocycles. The highest BCUT2D eigenvalue weighted by molar-refractivity contribution is 7.14. The van der Waals surface area contributed by atoms with Crippen molar-refractivity contribution in [3.8, 4) is 17.0 Å². The summed E-state index contributed by atoms with van der Waals surface area (Å²) in [5.74, 6) is 0.634. The summed E-state index contributed by atoms with van der Waals surface area (Å²) in [4.78, 5) is 16.4. The zero-order valence-electron chi connectivity index (χ0n) is 12.9. The van der Waals surface area contributed by atoms with Crippen LogP contribution < -0.4 is 10.1 Å². The molecule has 2 aromatic heterocycles. The Kier molecular flexibility index (Phi) is 4.12. The lowest BCUT2D eigenvalue weighted by molar-refractivity contribution is 0.0988. The van der Waals surface area contributed by atoms with Gasteiger partial charge in [-0.25, -0.2) is 4.98 Å². The Labute approximate surface area is 137 Å². The molecule has 0 saturated heterocycles. The van der Waals surface area contributed by atoms with Gasteiger partial charge in [0.05, 0.1) is 18.5 Å². The zero-order valence-corrected chi connectivity index (χ0v) is 13.7. The Balaban J connectivity index is 1.78. The highest BCUT2D eigenvalue weighted by Gasteiger charge is 2.14. The van der Waals surface area contributed by atoms with Crippen molar-refractivity contribution in [2.75, 3.05) is 12.4 Å². The molecule has 7 heteroatoms. The summed E-state index contributed by atoms with van der Waals surface area (Å²) in [6.45, 7) is 3.73. The van der Waals surface area contributed by atoms with Gasteiger partial charge in [0.15, 0.2) is 5.13 Å². The van der Waals surface area contributed by atoms with E-state index in [4.69, 9.17) is 9.26 Å². The molecule has 3 rings (SSSR count). The standard InChI is InChI=1S/C16H15N3O3S/c1-9-6-11(4-5-13(9)21-3)12-8-23-16(17-12)18-15(20)14-7-10(2)19-22-14/h4-8H,1-3H3,(H,17,18,20). The number of carbonyl (C=O) groups is 1. The van der Waals surface area contributed by atoms with Gasteiger partial charge in [0.25, 0.3) is 5.91 Å². The van der Waals surface area contributed by atoms with Crippen LogP contribution in [0, 0.1) is 13.8 Å². The van der Waals surface area contributed by atoms with E-state index in [2.05, 4.69) is 15.5 Å². The van der Waals surface area contributed by atoms with Crippen molar-refractivity contribution in [1.29, 1.82) is 0 Å². The number of thiazole rings is 1. The minimum Gasteiger partial charge on any atom is -0.496 e. The maximum absolute atomic E-state index is 12.0. The minimum atomic E-state index is -0.364. The van der Waals surface area contributed by atoms with Crippen LogP contribution in [-0.4, -0.2) is 23.2 Å². The number of hydrogen-bond acceptors (Lipinski definition) is 6. The Hall–Kier alpha value is -2.67.